The fourth-order valence-corrected chi connectivity index (χ4v) is 2.52. The Hall–Kier alpha value is -1.25. The van der Waals surface area contributed by atoms with Gasteiger partial charge in [-0.15, -0.1) is 0 Å². The van der Waals surface area contributed by atoms with Crippen LogP contribution in [0.3, 0.4) is 0 Å². The Kier molecular flexibility index (Phi) is 5.89. The van der Waals surface area contributed by atoms with Crippen molar-refractivity contribution in [1.82, 2.24) is 4.90 Å². The lowest BCUT2D eigenvalue weighted by Gasteiger charge is -2.26. The standard InChI is InChI=1S/C13H17BrFN3O3/c14-10-8-12(13(18(19)20)9-11(10)15)16-2-1-3-17-4-6-21-7-5-17/h8-9,16H,1-7H2. The summed E-state index contributed by atoms with van der Waals surface area (Å²) in [6, 6.07) is 2.33. The number of halogens is 2. The number of nitrogens with one attached hydrogen (secondary N) is 1. The van der Waals surface area contributed by atoms with E-state index in [1.165, 1.54) is 6.07 Å². The van der Waals surface area contributed by atoms with E-state index >= 15 is 0 Å². The van der Waals surface area contributed by atoms with E-state index in [0.717, 1.165) is 45.3 Å². The second kappa shape index (κ2) is 7.67. The quantitative estimate of drug-likeness (QED) is 0.479. The van der Waals surface area contributed by atoms with E-state index in [9.17, 15) is 14.5 Å². The number of ether oxygens (including phenoxy) is 1. The van der Waals surface area contributed by atoms with Crippen molar-refractivity contribution in [3.8, 4) is 0 Å². The lowest BCUT2D eigenvalue weighted by atomic mass is 10.2. The number of anilines is 1. The number of morpholine rings is 1. The van der Waals surface area contributed by atoms with Crippen LogP contribution in [0, 0.1) is 15.9 Å². The van der Waals surface area contributed by atoms with Gasteiger partial charge in [0.2, 0.25) is 0 Å². The summed E-state index contributed by atoms with van der Waals surface area (Å²) in [4.78, 5) is 12.6. The van der Waals surface area contributed by atoms with E-state index in [4.69, 9.17) is 4.74 Å². The third-order valence-electron chi connectivity index (χ3n) is 3.31. The highest BCUT2D eigenvalue weighted by molar-refractivity contribution is 9.10. The zero-order valence-electron chi connectivity index (χ0n) is 11.5. The third-order valence-corrected chi connectivity index (χ3v) is 3.91. The molecular weight excluding hydrogens is 345 g/mol. The first-order chi connectivity index (χ1) is 10.1. The molecule has 0 saturated carbocycles. The van der Waals surface area contributed by atoms with Crippen LogP contribution in [-0.4, -0.2) is 49.2 Å². The van der Waals surface area contributed by atoms with Gasteiger partial charge in [-0.05, 0) is 35.0 Å². The SMILES string of the molecule is O=[N+]([O-])c1cc(F)c(Br)cc1NCCCN1CCOCC1. The second-order valence-electron chi connectivity index (χ2n) is 4.77. The van der Waals surface area contributed by atoms with Gasteiger partial charge in [0.15, 0.2) is 0 Å². The molecule has 1 heterocycles. The first-order valence-corrected chi connectivity index (χ1v) is 7.54. The first kappa shape index (κ1) is 16.1. The van der Waals surface area contributed by atoms with Gasteiger partial charge in [-0.3, -0.25) is 15.0 Å². The maximum atomic E-state index is 13.4. The molecule has 1 fully saturated rings. The van der Waals surface area contributed by atoms with E-state index in [2.05, 4.69) is 26.1 Å². The number of nitro groups is 1. The zero-order chi connectivity index (χ0) is 15.2. The Bertz CT molecular complexity index is 510. The van der Waals surface area contributed by atoms with Crippen molar-refractivity contribution in [3.63, 3.8) is 0 Å². The molecule has 8 heteroatoms. The molecule has 1 aliphatic rings. The number of rotatable bonds is 6. The van der Waals surface area contributed by atoms with Crippen LogP contribution in [0.2, 0.25) is 0 Å². The molecule has 0 aromatic heterocycles. The zero-order valence-corrected chi connectivity index (χ0v) is 13.1. The van der Waals surface area contributed by atoms with Gasteiger partial charge in [0, 0.05) is 19.6 Å². The fourth-order valence-electron chi connectivity index (χ4n) is 2.18. The van der Waals surface area contributed by atoms with Gasteiger partial charge in [-0.2, -0.15) is 0 Å². The molecule has 1 saturated heterocycles. The van der Waals surface area contributed by atoms with Crippen LogP contribution in [0.15, 0.2) is 16.6 Å². The molecule has 0 aliphatic carbocycles. The van der Waals surface area contributed by atoms with E-state index in [-0.39, 0.29) is 10.2 Å². The average molecular weight is 362 g/mol. The van der Waals surface area contributed by atoms with Gasteiger partial charge in [0.05, 0.1) is 28.7 Å². The highest BCUT2D eigenvalue weighted by Gasteiger charge is 2.17. The summed E-state index contributed by atoms with van der Waals surface area (Å²) in [5.41, 5.74) is 0.0809. The van der Waals surface area contributed by atoms with E-state index < -0.39 is 10.7 Å². The summed E-state index contributed by atoms with van der Waals surface area (Å²) in [6.07, 6.45) is 0.853. The number of nitro benzene ring substituents is 1. The van der Waals surface area contributed by atoms with Crippen molar-refractivity contribution in [2.45, 2.75) is 6.42 Å². The largest absolute Gasteiger partial charge is 0.379 e. The monoisotopic (exact) mass is 361 g/mol. The molecule has 1 aromatic carbocycles. The first-order valence-electron chi connectivity index (χ1n) is 6.75. The molecule has 1 N–H and O–H groups in total. The molecule has 0 spiro atoms. The topological polar surface area (TPSA) is 67.6 Å². The van der Waals surface area contributed by atoms with Gasteiger partial charge >= 0.3 is 0 Å². The molecule has 2 rings (SSSR count). The Labute approximate surface area is 130 Å². The molecule has 0 bridgehead atoms. The van der Waals surface area contributed by atoms with Crippen molar-refractivity contribution in [3.05, 3.63) is 32.5 Å². The highest BCUT2D eigenvalue weighted by Crippen LogP contribution is 2.30. The van der Waals surface area contributed by atoms with Gasteiger partial charge in [-0.1, -0.05) is 0 Å². The Morgan fingerprint density at radius 2 is 2.14 bits per heavy atom. The van der Waals surface area contributed by atoms with Crippen molar-refractivity contribution in [1.29, 1.82) is 0 Å². The van der Waals surface area contributed by atoms with Gasteiger partial charge in [0.25, 0.3) is 5.69 Å². The summed E-state index contributed by atoms with van der Waals surface area (Å²) in [5, 5.41) is 13.9. The summed E-state index contributed by atoms with van der Waals surface area (Å²) in [5.74, 6) is -0.638. The summed E-state index contributed by atoms with van der Waals surface area (Å²) < 4.78 is 18.8. The normalized spacial score (nSPS) is 15.9. The van der Waals surface area contributed by atoms with E-state index in [0.29, 0.717) is 12.2 Å². The Morgan fingerprint density at radius 3 is 2.81 bits per heavy atom. The molecule has 0 atom stereocenters. The summed E-state index contributed by atoms with van der Waals surface area (Å²) in [7, 11) is 0. The number of hydrogen-bond donors (Lipinski definition) is 1. The van der Waals surface area contributed by atoms with Gasteiger partial charge in [0.1, 0.15) is 11.5 Å². The fraction of sp³-hybridized carbons (Fsp3) is 0.538. The lowest BCUT2D eigenvalue weighted by molar-refractivity contribution is -0.384. The van der Waals surface area contributed by atoms with Gasteiger partial charge in [-0.25, -0.2) is 4.39 Å². The van der Waals surface area contributed by atoms with Crippen LogP contribution in [-0.2, 0) is 4.74 Å². The molecule has 0 amide bonds. The predicted molar refractivity (Wildman–Crippen MR) is 81.1 cm³/mol. The van der Waals surface area contributed by atoms with Crippen molar-refractivity contribution in [2.24, 2.45) is 0 Å². The lowest BCUT2D eigenvalue weighted by Crippen LogP contribution is -2.37. The number of nitrogens with zero attached hydrogens (tertiary/aromatic N) is 2. The minimum absolute atomic E-state index is 0.212. The molecule has 1 aliphatic heterocycles. The Morgan fingerprint density at radius 1 is 1.43 bits per heavy atom. The highest BCUT2D eigenvalue weighted by atomic mass is 79.9. The minimum atomic E-state index is -0.638. The van der Waals surface area contributed by atoms with Crippen molar-refractivity contribution >= 4 is 27.3 Å². The van der Waals surface area contributed by atoms with Crippen LogP contribution < -0.4 is 5.32 Å². The maximum absolute atomic E-state index is 13.4. The van der Waals surface area contributed by atoms with Crippen LogP contribution in [0.5, 0.6) is 0 Å². The minimum Gasteiger partial charge on any atom is -0.379 e. The smallest absolute Gasteiger partial charge is 0.295 e. The maximum Gasteiger partial charge on any atom is 0.295 e. The van der Waals surface area contributed by atoms with Crippen LogP contribution in [0.25, 0.3) is 0 Å². The second-order valence-corrected chi connectivity index (χ2v) is 5.63. The summed E-state index contributed by atoms with van der Waals surface area (Å²) in [6.45, 7) is 4.85. The van der Waals surface area contributed by atoms with Crippen LogP contribution in [0.1, 0.15) is 6.42 Å². The van der Waals surface area contributed by atoms with E-state index in [1.807, 2.05) is 0 Å². The van der Waals surface area contributed by atoms with Crippen molar-refractivity contribution in [2.75, 3.05) is 44.7 Å². The van der Waals surface area contributed by atoms with E-state index in [1.54, 1.807) is 0 Å². The average Bonchev–Trinajstić information content (AvgIpc) is 2.47. The molecular formula is C13H17BrFN3O3. The molecule has 0 radical (unpaired) electrons. The molecule has 21 heavy (non-hydrogen) atoms. The molecule has 116 valence electrons. The third kappa shape index (κ3) is 4.62. The van der Waals surface area contributed by atoms with Crippen LogP contribution in [0.4, 0.5) is 15.8 Å². The van der Waals surface area contributed by atoms with Gasteiger partial charge < -0.3 is 10.1 Å². The number of hydrogen-bond acceptors (Lipinski definition) is 5. The predicted octanol–water partition coefficient (Wildman–Crippen LogP) is 2.63. The van der Waals surface area contributed by atoms with Crippen LogP contribution >= 0.6 is 15.9 Å². The molecule has 1 aromatic rings. The van der Waals surface area contributed by atoms with Crippen molar-refractivity contribution < 1.29 is 14.1 Å². The molecule has 0 unspecified atom stereocenters. The number of benzene rings is 1. The Balaban J connectivity index is 1.87. The summed E-state index contributed by atoms with van der Waals surface area (Å²) >= 11 is 3.04. The molecule has 6 nitrogen and oxygen atoms in total.